The Bertz CT molecular complexity index is 814. The Kier molecular flexibility index (Phi) is 4.26. The van der Waals surface area contributed by atoms with Gasteiger partial charge in [-0.05, 0) is 54.7 Å². The molecule has 2 aromatic rings. The number of rotatable bonds is 4. The lowest BCUT2D eigenvalue weighted by Crippen LogP contribution is -2.53. The highest BCUT2D eigenvalue weighted by atomic mass is 19.1. The Morgan fingerprint density at radius 1 is 1.15 bits per heavy atom. The second-order valence-electron chi connectivity index (χ2n) is 7.01. The summed E-state index contributed by atoms with van der Waals surface area (Å²) in [6, 6.07) is 8.89. The summed E-state index contributed by atoms with van der Waals surface area (Å²) in [4.78, 5) is 18.0. The van der Waals surface area contributed by atoms with E-state index in [1.807, 2.05) is 23.1 Å². The number of hydrogen-bond acceptors (Lipinski definition) is 4. The fraction of sp³-hybridized carbons (Fsp3) is 0.400. The molecule has 6 heteroatoms. The van der Waals surface area contributed by atoms with Crippen LogP contribution in [0.4, 0.5) is 10.2 Å². The number of pyridine rings is 1. The van der Waals surface area contributed by atoms with E-state index in [9.17, 15) is 14.3 Å². The largest absolute Gasteiger partial charge is 0.478 e. The van der Waals surface area contributed by atoms with Crippen molar-refractivity contribution in [3.63, 3.8) is 0 Å². The Morgan fingerprint density at radius 2 is 1.92 bits per heavy atom. The first-order valence-electron chi connectivity index (χ1n) is 8.96. The zero-order chi connectivity index (χ0) is 18.1. The second kappa shape index (κ2) is 6.59. The normalized spacial score (nSPS) is 18.4. The Morgan fingerprint density at radius 3 is 2.62 bits per heavy atom. The van der Waals surface area contributed by atoms with Crippen LogP contribution in [0.3, 0.4) is 0 Å². The zero-order valence-electron chi connectivity index (χ0n) is 14.4. The van der Waals surface area contributed by atoms with Crippen molar-refractivity contribution in [1.82, 2.24) is 4.98 Å². The molecular weight excluding hydrogens is 335 g/mol. The first-order chi connectivity index (χ1) is 12.6. The molecule has 1 fully saturated rings. The number of aliphatic carboxylic acids is 1. The van der Waals surface area contributed by atoms with Crippen molar-refractivity contribution in [3.05, 3.63) is 53.5 Å². The van der Waals surface area contributed by atoms with Crippen LogP contribution in [0.5, 0.6) is 5.75 Å². The summed E-state index contributed by atoms with van der Waals surface area (Å²) in [5.41, 5.74) is 1.36. The number of benzene rings is 1. The lowest BCUT2D eigenvalue weighted by Gasteiger charge is -2.39. The summed E-state index contributed by atoms with van der Waals surface area (Å²) in [5, 5.41) is 9.83. The molecule has 0 spiro atoms. The molecule has 2 heterocycles. The topological polar surface area (TPSA) is 62.7 Å². The molecule has 26 heavy (non-hydrogen) atoms. The molecule has 0 saturated carbocycles. The van der Waals surface area contributed by atoms with E-state index in [-0.39, 0.29) is 5.82 Å². The van der Waals surface area contributed by atoms with Gasteiger partial charge in [-0.1, -0.05) is 6.07 Å². The summed E-state index contributed by atoms with van der Waals surface area (Å²) in [6.45, 7) is 0.992. The molecule has 1 N–H and O–H groups in total. The SMILES string of the molecule is O=C(O)C1(Oc2ccc3c(c2)CCC3)CCN(c2ccc(F)cn2)CC1. The first kappa shape index (κ1) is 16.8. The van der Waals surface area contributed by atoms with Gasteiger partial charge in [0, 0.05) is 25.9 Å². The monoisotopic (exact) mass is 356 g/mol. The van der Waals surface area contributed by atoms with Gasteiger partial charge in [-0.3, -0.25) is 0 Å². The maximum Gasteiger partial charge on any atom is 0.348 e. The number of carboxylic acid groups (broad SMARTS) is 1. The van der Waals surface area contributed by atoms with E-state index in [0.29, 0.717) is 37.5 Å². The van der Waals surface area contributed by atoms with Crippen LogP contribution < -0.4 is 9.64 Å². The van der Waals surface area contributed by atoms with Crippen molar-refractivity contribution < 1.29 is 19.0 Å². The van der Waals surface area contributed by atoms with Crippen LogP contribution in [0, 0.1) is 5.82 Å². The molecule has 0 amide bonds. The first-order valence-corrected chi connectivity index (χ1v) is 8.96. The number of aryl methyl sites for hydroxylation is 2. The van der Waals surface area contributed by atoms with Gasteiger partial charge in [0.1, 0.15) is 17.4 Å². The maximum absolute atomic E-state index is 13.0. The molecule has 0 bridgehead atoms. The van der Waals surface area contributed by atoms with Crippen LogP contribution in [-0.4, -0.2) is 34.8 Å². The standard InChI is InChI=1S/C20H21FN2O3/c21-16-5-7-18(22-13-16)23-10-8-20(9-11-23,19(24)25)26-17-6-4-14-2-1-3-15(14)12-17/h4-7,12-13H,1-3,8-11H2,(H,24,25). The quantitative estimate of drug-likeness (QED) is 0.911. The molecule has 1 saturated heterocycles. The average molecular weight is 356 g/mol. The minimum atomic E-state index is -1.23. The lowest BCUT2D eigenvalue weighted by atomic mass is 9.91. The summed E-state index contributed by atoms with van der Waals surface area (Å²) in [5.74, 6) is -0.0420. The van der Waals surface area contributed by atoms with Gasteiger partial charge in [0.05, 0.1) is 6.20 Å². The van der Waals surface area contributed by atoms with E-state index < -0.39 is 11.6 Å². The maximum atomic E-state index is 13.0. The summed E-state index contributed by atoms with van der Waals surface area (Å²) in [6.07, 6.45) is 5.12. The molecule has 136 valence electrons. The van der Waals surface area contributed by atoms with Crippen molar-refractivity contribution >= 4 is 11.8 Å². The minimum absolute atomic E-state index is 0.346. The molecule has 1 aromatic carbocycles. The Balaban J connectivity index is 1.50. The highest BCUT2D eigenvalue weighted by Crippen LogP contribution is 2.33. The third-order valence-electron chi connectivity index (χ3n) is 5.38. The predicted molar refractivity (Wildman–Crippen MR) is 95.1 cm³/mol. The number of carbonyl (C=O) groups is 1. The third kappa shape index (κ3) is 3.11. The van der Waals surface area contributed by atoms with E-state index in [4.69, 9.17) is 4.74 Å². The van der Waals surface area contributed by atoms with Gasteiger partial charge < -0.3 is 14.7 Å². The van der Waals surface area contributed by atoms with Gasteiger partial charge >= 0.3 is 5.97 Å². The Hall–Kier alpha value is -2.63. The van der Waals surface area contributed by atoms with Crippen molar-refractivity contribution in [1.29, 1.82) is 0 Å². The highest BCUT2D eigenvalue weighted by molar-refractivity contribution is 5.78. The van der Waals surface area contributed by atoms with Crippen LogP contribution in [0.1, 0.15) is 30.4 Å². The number of carboxylic acids is 1. The average Bonchev–Trinajstić information content (AvgIpc) is 3.11. The van der Waals surface area contributed by atoms with E-state index >= 15 is 0 Å². The van der Waals surface area contributed by atoms with Gasteiger partial charge in [0.25, 0.3) is 0 Å². The molecule has 1 aliphatic heterocycles. The van der Waals surface area contributed by atoms with Crippen molar-refractivity contribution in [2.24, 2.45) is 0 Å². The zero-order valence-corrected chi connectivity index (χ0v) is 14.4. The highest BCUT2D eigenvalue weighted by Gasteiger charge is 2.44. The van der Waals surface area contributed by atoms with Crippen LogP contribution in [0.15, 0.2) is 36.5 Å². The molecule has 0 unspecified atom stereocenters. The van der Waals surface area contributed by atoms with Crippen molar-refractivity contribution in [2.75, 3.05) is 18.0 Å². The van der Waals surface area contributed by atoms with Gasteiger partial charge in [-0.25, -0.2) is 14.2 Å². The van der Waals surface area contributed by atoms with Gasteiger partial charge in [0.15, 0.2) is 0 Å². The lowest BCUT2D eigenvalue weighted by molar-refractivity contribution is -0.157. The molecule has 5 nitrogen and oxygen atoms in total. The van der Waals surface area contributed by atoms with E-state index in [2.05, 4.69) is 4.98 Å². The van der Waals surface area contributed by atoms with E-state index in [1.165, 1.54) is 23.4 Å². The number of ether oxygens (including phenoxy) is 1. The second-order valence-corrected chi connectivity index (χ2v) is 7.01. The van der Waals surface area contributed by atoms with Gasteiger partial charge in [-0.2, -0.15) is 0 Å². The molecule has 0 atom stereocenters. The van der Waals surface area contributed by atoms with Crippen LogP contribution in [-0.2, 0) is 17.6 Å². The molecule has 1 aliphatic carbocycles. The van der Waals surface area contributed by atoms with Gasteiger partial charge in [-0.15, -0.1) is 0 Å². The fourth-order valence-electron chi connectivity index (χ4n) is 3.85. The van der Waals surface area contributed by atoms with Gasteiger partial charge in [0.2, 0.25) is 5.60 Å². The fourth-order valence-corrected chi connectivity index (χ4v) is 3.85. The van der Waals surface area contributed by atoms with Crippen LogP contribution in [0.25, 0.3) is 0 Å². The number of hydrogen-bond donors (Lipinski definition) is 1. The molecule has 4 rings (SSSR count). The van der Waals surface area contributed by atoms with E-state index in [1.54, 1.807) is 6.07 Å². The van der Waals surface area contributed by atoms with Crippen LogP contribution in [0.2, 0.25) is 0 Å². The summed E-state index contributed by atoms with van der Waals surface area (Å²) in [7, 11) is 0. The van der Waals surface area contributed by atoms with Crippen molar-refractivity contribution in [3.8, 4) is 5.75 Å². The summed E-state index contributed by atoms with van der Waals surface area (Å²) < 4.78 is 19.1. The number of anilines is 1. The summed E-state index contributed by atoms with van der Waals surface area (Å²) >= 11 is 0. The molecular formula is C20H21FN2O3. The van der Waals surface area contributed by atoms with Crippen LogP contribution >= 0.6 is 0 Å². The number of halogens is 1. The smallest absolute Gasteiger partial charge is 0.348 e. The number of piperidine rings is 1. The molecule has 1 aromatic heterocycles. The molecule has 0 radical (unpaired) electrons. The number of aromatic nitrogens is 1. The minimum Gasteiger partial charge on any atom is -0.478 e. The Labute approximate surface area is 151 Å². The number of fused-ring (bicyclic) bond motifs is 1. The predicted octanol–water partition coefficient (Wildman–Crippen LogP) is 3.21. The number of nitrogens with zero attached hydrogens (tertiary/aromatic N) is 2. The third-order valence-corrected chi connectivity index (χ3v) is 5.38. The molecule has 2 aliphatic rings. The van der Waals surface area contributed by atoms with Crippen molar-refractivity contribution in [2.45, 2.75) is 37.7 Å². The van der Waals surface area contributed by atoms with E-state index in [0.717, 1.165) is 19.3 Å².